The van der Waals surface area contributed by atoms with Crippen LogP contribution in [0.2, 0.25) is 0 Å². The Morgan fingerprint density at radius 2 is 1.51 bits per heavy atom. The number of aryl methyl sites for hydroxylation is 1. The van der Waals surface area contributed by atoms with Gasteiger partial charge in [0.2, 0.25) is 11.8 Å². The van der Waals surface area contributed by atoms with Gasteiger partial charge in [0.05, 0.1) is 17.2 Å². The molecule has 0 bridgehead atoms. The zero-order chi connectivity index (χ0) is 30.2. The first kappa shape index (κ1) is 31.7. The Labute approximate surface area is 244 Å². The quantitative estimate of drug-likeness (QED) is 0.314. The number of anilines is 1. The summed E-state index contributed by atoms with van der Waals surface area (Å²) in [5.41, 5.74) is 1.55. The molecule has 0 saturated carbocycles. The largest absolute Gasteiger partial charge is 0.494 e. The van der Waals surface area contributed by atoms with Crippen molar-refractivity contribution >= 4 is 27.5 Å². The highest BCUT2D eigenvalue weighted by Gasteiger charge is 2.34. The van der Waals surface area contributed by atoms with Gasteiger partial charge in [0.15, 0.2) is 0 Å². The van der Waals surface area contributed by atoms with Crippen molar-refractivity contribution in [3.63, 3.8) is 0 Å². The second-order valence-electron chi connectivity index (χ2n) is 10.9. The summed E-state index contributed by atoms with van der Waals surface area (Å²) in [6.45, 7) is 11.3. The van der Waals surface area contributed by atoms with Crippen LogP contribution in [0, 0.1) is 6.92 Å². The van der Waals surface area contributed by atoms with Crippen LogP contribution in [0.1, 0.15) is 52.2 Å². The van der Waals surface area contributed by atoms with Crippen LogP contribution in [-0.4, -0.2) is 49.9 Å². The standard InChI is InChI=1S/C32H41N3O5S/c1-7-29(31(37)33-32(4,5)6)34(22-25-12-10-9-11-13-25)30(36)23-35(26-16-18-27(19-17-26)40-8-2)41(38,39)28-20-14-24(3)15-21-28/h9-21,29H,7-8,22-23H2,1-6H3,(H,33,37)/t29-/m1/s1. The van der Waals surface area contributed by atoms with E-state index in [4.69, 9.17) is 4.74 Å². The van der Waals surface area contributed by atoms with E-state index in [1.165, 1.54) is 17.0 Å². The van der Waals surface area contributed by atoms with Gasteiger partial charge in [-0.1, -0.05) is 55.0 Å². The highest BCUT2D eigenvalue weighted by Crippen LogP contribution is 2.27. The smallest absolute Gasteiger partial charge is 0.264 e. The number of sulfonamides is 1. The molecule has 0 spiro atoms. The van der Waals surface area contributed by atoms with Crippen molar-refractivity contribution in [2.24, 2.45) is 0 Å². The lowest BCUT2D eigenvalue weighted by molar-refractivity contribution is -0.141. The summed E-state index contributed by atoms with van der Waals surface area (Å²) < 4.78 is 34.6. The molecule has 0 unspecified atom stereocenters. The molecule has 1 N–H and O–H groups in total. The molecule has 41 heavy (non-hydrogen) atoms. The van der Waals surface area contributed by atoms with E-state index in [9.17, 15) is 18.0 Å². The Bertz CT molecular complexity index is 1400. The zero-order valence-electron chi connectivity index (χ0n) is 24.8. The monoisotopic (exact) mass is 579 g/mol. The Kier molecular flexibility index (Phi) is 10.6. The summed E-state index contributed by atoms with van der Waals surface area (Å²) in [4.78, 5) is 29.0. The van der Waals surface area contributed by atoms with Gasteiger partial charge in [-0.05, 0) is 83.0 Å². The second kappa shape index (κ2) is 13.7. The molecule has 3 rings (SSSR count). The molecule has 0 heterocycles. The average Bonchev–Trinajstić information content (AvgIpc) is 2.92. The van der Waals surface area contributed by atoms with Crippen molar-refractivity contribution in [2.75, 3.05) is 17.5 Å². The van der Waals surface area contributed by atoms with Crippen molar-refractivity contribution in [1.82, 2.24) is 10.2 Å². The lowest BCUT2D eigenvalue weighted by Gasteiger charge is -2.34. The Hall–Kier alpha value is -3.85. The van der Waals surface area contributed by atoms with Crippen molar-refractivity contribution in [3.8, 4) is 5.75 Å². The molecule has 2 amide bonds. The lowest BCUT2D eigenvalue weighted by atomic mass is 10.1. The van der Waals surface area contributed by atoms with Crippen LogP contribution in [0.3, 0.4) is 0 Å². The number of hydrogen-bond donors (Lipinski definition) is 1. The third kappa shape index (κ3) is 8.57. The normalized spacial score (nSPS) is 12.3. The Morgan fingerprint density at radius 3 is 2.05 bits per heavy atom. The van der Waals surface area contributed by atoms with Gasteiger partial charge in [0.1, 0.15) is 18.3 Å². The van der Waals surface area contributed by atoms with E-state index < -0.39 is 34.1 Å². The number of hydrogen-bond acceptors (Lipinski definition) is 5. The molecular formula is C32H41N3O5S. The van der Waals surface area contributed by atoms with E-state index in [1.54, 1.807) is 36.4 Å². The molecule has 3 aromatic rings. The van der Waals surface area contributed by atoms with Crippen LogP contribution in [-0.2, 0) is 26.2 Å². The van der Waals surface area contributed by atoms with E-state index >= 15 is 0 Å². The van der Waals surface area contributed by atoms with E-state index in [1.807, 2.05) is 71.9 Å². The fourth-order valence-corrected chi connectivity index (χ4v) is 5.81. The maximum absolute atomic E-state index is 14.1. The Balaban J connectivity index is 2.06. The van der Waals surface area contributed by atoms with Crippen molar-refractivity contribution < 1.29 is 22.7 Å². The Morgan fingerprint density at radius 1 is 0.902 bits per heavy atom. The van der Waals surface area contributed by atoms with E-state index in [0.717, 1.165) is 15.4 Å². The van der Waals surface area contributed by atoms with Crippen LogP contribution >= 0.6 is 0 Å². The summed E-state index contributed by atoms with van der Waals surface area (Å²) in [6, 6.07) is 21.6. The molecule has 0 aliphatic carbocycles. The predicted molar refractivity (Wildman–Crippen MR) is 162 cm³/mol. The SMILES string of the molecule is CCOc1ccc(N(CC(=O)N(Cc2ccccc2)[C@H](CC)C(=O)NC(C)(C)C)S(=O)(=O)c2ccc(C)cc2)cc1. The van der Waals surface area contributed by atoms with Crippen LogP contribution < -0.4 is 14.4 Å². The maximum Gasteiger partial charge on any atom is 0.264 e. The summed E-state index contributed by atoms with van der Waals surface area (Å²) in [5, 5.41) is 2.98. The van der Waals surface area contributed by atoms with E-state index in [0.29, 0.717) is 24.5 Å². The van der Waals surface area contributed by atoms with Gasteiger partial charge < -0.3 is 15.0 Å². The predicted octanol–water partition coefficient (Wildman–Crippen LogP) is 5.31. The van der Waals surface area contributed by atoms with Crippen LogP contribution in [0.5, 0.6) is 5.75 Å². The highest BCUT2D eigenvalue weighted by molar-refractivity contribution is 7.92. The minimum Gasteiger partial charge on any atom is -0.494 e. The molecule has 0 aromatic heterocycles. The van der Waals surface area contributed by atoms with Crippen LogP contribution in [0.4, 0.5) is 5.69 Å². The van der Waals surface area contributed by atoms with Crippen molar-refractivity contribution in [2.45, 2.75) is 71.0 Å². The molecule has 9 heteroatoms. The number of nitrogens with one attached hydrogen (secondary N) is 1. The second-order valence-corrected chi connectivity index (χ2v) is 12.8. The number of nitrogens with zero attached hydrogens (tertiary/aromatic N) is 2. The number of ether oxygens (including phenoxy) is 1. The third-order valence-electron chi connectivity index (χ3n) is 6.40. The number of benzene rings is 3. The average molecular weight is 580 g/mol. The summed E-state index contributed by atoms with van der Waals surface area (Å²) in [5.74, 6) is -0.196. The van der Waals surface area contributed by atoms with E-state index in [-0.39, 0.29) is 17.3 Å². The van der Waals surface area contributed by atoms with Gasteiger partial charge in [-0.15, -0.1) is 0 Å². The summed E-state index contributed by atoms with van der Waals surface area (Å²) in [7, 11) is -4.13. The summed E-state index contributed by atoms with van der Waals surface area (Å²) >= 11 is 0. The zero-order valence-corrected chi connectivity index (χ0v) is 25.6. The minimum atomic E-state index is -4.13. The third-order valence-corrected chi connectivity index (χ3v) is 8.19. The molecule has 1 atom stereocenters. The molecule has 8 nitrogen and oxygen atoms in total. The van der Waals surface area contributed by atoms with Gasteiger partial charge in [-0.2, -0.15) is 0 Å². The van der Waals surface area contributed by atoms with Crippen LogP contribution in [0.15, 0.2) is 83.8 Å². The first-order valence-corrected chi connectivity index (χ1v) is 15.3. The molecule has 0 saturated heterocycles. The molecule has 0 radical (unpaired) electrons. The first-order valence-electron chi connectivity index (χ1n) is 13.8. The van der Waals surface area contributed by atoms with E-state index in [2.05, 4.69) is 5.32 Å². The minimum absolute atomic E-state index is 0.0666. The molecule has 0 aliphatic heterocycles. The van der Waals surface area contributed by atoms with Gasteiger partial charge in [-0.25, -0.2) is 8.42 Å². The van der Waals surface area contributed by atoms with Gasteiger partial charge in [0, 0.05) is 12.1 Å². The van der Waals surface area contributed by atoms with Crippen molar-refractivity contribution in [3.05, 3.63) is 90.0 Å². The summed E-state index contributed by atoms with van der Waals surface area (Å²) in [6.07, 6.45) is 0.355. The van der Waals surface area contributed by atoms with Gasteiger partial charge in [-0.3, -0.25) is 13.9 Å². The molecule has 3 aromatic carbocycles. The fourth-order valence-electron chi connectivity index (χ4n) is 4.39. The number of carbonyl (C=O) groups excluding carboxylic acids is 2. The highest BCUT2D eigenvalue weighted by atomic mass is 32.2. The first-order chi connectivity index (χ1) is 19.4. The molecule has 0 fully saturated rings. The topological polar surface area (TPSA) is 96.0 Å². The van der Waals surface area contributed by atoms with Gasteiger partial charge in [0.25, 0.3) is 10.0 Å². The molecule has 220 valence electrons. The van der Waals surface area contributed by atoms with Crippen LogP contribution in [0.25, 0.3) is 0 Å². The molecule has 0 aliphatic rings. The molecular weight excluding hydrogens is 538 g/mol. The number of rotatable bonds is 12. The van der Waals surface area contributed by atoms with Gasteiger partial charge >= 0.3 is 0 Å². The number of amides is 2. The number of carbonyl (C=O) groups is 2. The van der Waals surface area contributed by atoms with Crippen molar-refractivity contribution in [1.29, 1.82) is 0 Å². The lowest BCUT2D eigenvalue weighted by Crippen LogP contribution is -2.55. The maximum atomic E-state index is 14.1. The fraction of sp³-hybridized carbons (Fsp3) is 0.375.